The number of H-pyrrole nitrogens is 2. The first-order valence-electron chi connectivity index (χ1n) is 11.5. The van der Waals surface area contributed by atoms with Crippen molar-refractivity contribution in [1.29, 1.82) is 0 Å². The molecule has 36 heavy (non-hydrogen) atoms. The third-order valence-electron chi connectivity index (χ3n) is 6.88. The van der Waals surface area contributed by atoms with Crippen LogP contribution in [0.25, 0.3) is 65.9 Å². The number of hydrogen-bond donors (Lipinski definition) is 6. The number of aromatic amines is 2. The average molecular weight is 473 g/mol. The molecule has 0 atom stereocenters. The summed E-state index contributed by atoms with van der Waals surface area (Å²) in [5, 5.41) is 44.2. The Balaban J connectivity index is 1.80. The predicted molar refractivity (Wildman–Crippen MR) is 143 cm³/mol. The molecule has 0 unspecified atom stereocenters. The lowest BCUT2D eigenvalue weighted by atomic mass is 9.90. The Kier molecular flexibility index (Phi) is 4.06. The maximum atomic E-state index is 10.4. The number of rotatable bonds is 2. The molecule has 6 nitrogen and oxygen atoms in total. The van der Waals surface area contributed by atoms with Gasteiger partial charge >= 0.3 is 0 Å². The smallest absolute Gasteiger partial charge is 0.116 e. The van der Waals surface area contributed by atoms with E-state index in [1.165, 1.54) is 0 Å². The Morgan fingerprint density at radius 3 is 1.17 bits per heavy atom. The molecule has 0 amide bonds. The molecule has 0 aliphatic heterocycles. The third kappa shape index (κ3) is 2.85. The molecule has 0 saturated carbocycles. The summed E-state index contributed by atoms with van der Waals surface area (Å²) in [6, 6.07) is 24.6. The van der Waals surface area contributed by atoms with Crippen LogP contribution in [0.3, 0.4) is 0 Å². The van der Waals surface area contributed by atoms with E-state index in [0.29, 0.717) is 0 Å². The second-order valence-corrected chi connectivity index (χ2v) is 9.05. The van der Waals surface area contributed by atoms with Crippen molar-refractivity contribution < 1.29 is 20.4 Å². The molecule has 0 radical (unpaired) electrons. The van der Waals surface area contributed by atoms with E-state index in [1.807, 2.05) is 36.4 Å². The third-order valence-corrected chi connectivity index (χ3v) is 6.88. The molecule has 5 aromatic carbocycles. The van der Waals surface area contributed by atoms with E-state index < -0.39 is 0 Å². The zero-order valence-electron chi connectivity index (χ0n) is 18.9. The molecule has 7 aromatic rings. The lowest BCUT2D eigenvalue weighted by Crippen LogP contribution is -1.89. The number of phenolic OH excluding ortho intramolecular Hbond substituents is 4. The summed E-state index contributed by atoms with van der Waals surface area (Å²) in [5.41, 5.74) is 7.05. The molecule has 174 valence electrons. The number of fused-ring (bicyclic) bond motifs is 6. The average Bonchev–Trinajstić information content (AvgIpc) is 3.42. The Morgan fingerprint density at radius 1 is 0.417 bits per heavy atom. The van der Waals surface area contributed by atoms with Crippen LogP contribution in [-0.4, -0.2) is 30.4 Å². The number of phenols is 4. The van der Waals surface area contributed by atoms with Crippen LogP contribution in [0.15, 0.2) is 84.9 Å². The van der Waals surface area contributed by atoms with E-state index in [-0.39, 0.29) is 23.0 Å². The van der Waals surface area contributed by atoms with E-state index >= 15 is 0 Å². The van der Waals surface area contributed by atoms with Crippen molar-refractivity contribution in [3.8, 4) is 45.3 Å². The summed E-state index contributed by atoms with van der Waals surface area (Å²) < 4.78 is 0. The Bertz CT molecular complexity index is 1820. The summed E-state index contributed by atoms with van der Waals surface area (Å²) in [6.07, 6.45) is 0. The number of benzene rings is 5. The van der Waals surface area contributed by atoms with Gasteiger partial charge in [-0.1, -0.05) is 24.3 Å². The van der Waals surface area contributed by atoms with Crippen LogP contribution in [0.1, 0.15) is 0 Å². The van der Waals surface area contributed by atoms with Gasteiger partial charge in [0.15, 0.2) is 0 Å². The van der Waals surface area contributed by atoms with Gasteiger partial charge in [0.2, 0.25) is 0 Å². The summed E-state index contributed by atoms with van der Waals surface area (Å²) in [6.45, 7) is 0. The fourth-order valence-corrected chi connectivity index (χ4v) is 5.34. The van der Waals surface area contributed by atoms with E-state index in [1.54, 1.807) is 48.5 Å². The minimum atomic E-state index is 0.160. The minimum absolute atomic E-state index is 0.160. The standard InChI is InChI=1S/C30H20N2O4/c33-17-5-1-15(2-6-17)25-27-21-13-19(35)9-11-23(21)32-30(27)26(16-3-7-18(34)8-4-16)28-22-14-20(36)10-12-24(22)31-29(25)28/h1-14,31-36H. The van der Waals surface area contributed by atoms with Crippen LogP contribution in [-0.2, 0) is 0 Å². The Morgan fingerprint density at radius 2 is 0.778 bits per heavy atom. The topological polar surface area (TPSA) is 113 Å². The SMILES string of the molecule is Oc1ccc(-c2c3[nH]c4ccc(O)cc4c3c(-c3ccc(O)cc3)c3[nH]c4ccc(O)cc4c23)cc1. The highest BCUT2D eigenvalue weighted by atomic mass is 16.3. The monoisotopic (exact) mass is 472 g/mol. The zero-order valence-corrected chi connectivity index (χ0v) is 18.9. The van der Waals surface area contributed by atoms with Gasteiger partial charge in [0.1, 0.15) is 23.0 Å². The first kappa shape index (κ1) is 20.3. The molecule has 0 aliphatic carbocycles. The molecule has 6 N–H and O–H groups in total. The van der Waals surface area contributed by atoms with Gasteiger partial charge in [-0.05, 0) is 71.8 Å². The molecule has 6 heteroatoms. The number of nitrogens with one attached hydrogen (secondary N) is 2. The van der Waals surface area contributed by atoms with E-state index in [0.717, 1.165) is 65.9 Å². The van der Waals surface area contributed by atoms with Gasteiger partial charge in [-0.15, -0.1) is 0 Å². The number of aromatic hydroxyl groups is 4. The second-order valence-electron chi connectivity index (χ2n) is 9.05. The molecule has 2 aromatic heterocycles. The molecule has 2 heterocycles. The van der Waals surface area contributed by atoms with E-state index in [4.69, 9.17) is 0 Å². The van der Waals surface area contributed by atoms with Gasteiger partial charge in [0.05, 0.1) is 11.0 Å². The van der Waals surface area contributed by atoms with Gasteiger partial charge in [0.25, 0.3) is 0 Å². The van der Waals surface area contributed by atoms with Crippen LogP contribution in [0.4, 0.5) is 0 Å². The maximum Gasteiger partial charge on any atom is 0.116 e. The number of hydrogen-bond acceptors (Lipinski definition) is 4. The van der Waals surface area contributed by atoms with Crippen LogP contribution in [0.5, 0.6) is 23.0 Å². The normalized spacial score (nSPS) is 11.8. The molecular weight excluding hydrogens is 452 g/mol. The molecule has 0 fully saturated rings. The molecular formula is C30H20N2O4. The largest absolute Gasteiger partial charge is 0.508 e. The van der Waals surface area contributed by atoms with Gasteiger partial charge in [-0.3, -0.25) is 0 Å². The van der Waals surface area contributed by atoms with E-state index in [2.05, 4.69) is 9.97 Å². The van der Waals surface area contributed by atoms with Gasteiger partial charge in [-0.2, -0.15) is 0 Å². The highest BCUT2D eigenvalue weighted by molar-refractivity contribution is 6.32. The predicted octanol–water partition coefficient (Wildman–Crippen LogP) is 7.11. The van der Waals surface area contributed by atoms with Crippen molar-refractivity contribution in [2.24, 2.45) is 0 Å². The quantitative estimate of drug-likeness (QED) is 0.161. The maximum absolute atomic E-state index is 10.4. The molecule has 0 bridgehead atoms. The Labute approximate surface area is 204 Å². The van der Waals surface area contributed by atoms with Crippen LogP contribution in [0.2, 0.25) is 0 Å². The van der Waals surface area contributed by atoms with Gasteiger partial charge < -0.3 is 30.4 Å². The first-order chi connectivity index (χ1) is 17.5. The Hall–Kier alpha value is -5.10. The van der Waals surface area contributed by atoms with Crippen molar-refractivity contribution in [2.45, 2.75) is 0 Å². The highest BCUT2D eigenvalue weighted by Crippen LogP contribution is 2.49. The highest BCUT2D eigenvalue weighted by Gasteiger charge is 2.24. The van der Waals surface area contributed by atoms with Crippen molar-refractivity contribution in [1.82, 2.24) is 9.97 Å². The second kappa shape index (κ2) is 7.20. The van der Waals surface area contributed by atoms with E-state index in [9.17, 15) is 20.4 Å². The fourth-order valence-electron chi connectivity index (χ4n) is 5.34. The summed E-state index contributed by atoms with van der Waals surface area (Å²) in [4.78, 5) is 7.14. The van der Waals surface area contributed by atoms with Crippen LogP contribution in [0, 0.1) is 0 Å². The van der Waals surface area contributed by atoms with Crippen LogP contribution < -0.4 is 0 Å². The summed E-state index contributed by atoms with van der Waals surface area (Å²) in [5.74, 6) is 0.663. The lowest BCUT2D eigenvalue weighted by molar-refractivity contribution is 0.475. The van der Waals surface area contributed by atoms with Gasteiger partial charge in [-0.25, -0.2) is 0 Å². The van der Waals surface area contributed by atoms with Crippen molar-refractivity contribution in [3.05, 3.63) is 84.9 Å². The lowest BCUT2D eigenvalue weighted by Gasteiger charge is -2.13. The number of aromatic nitrogens is 2. The summed E-state index contributed by atoms with van der Waals surface area (Å²) in [7, 11) is 0. The fraction of sp³-hybridized carbons (Fsp3) is 0. The molecule has 0 aliphatic rings. The molecule has 0 spiro atoms. The summed E-state index contributed by atoms with van der Waals surface area (Å²) >= 11 is 0. The van der Waals surface area contributed by atoms with Crippen LogP contribution >= 0.6 is 0 Å². The van der Waals surface area contributed by atoms with Gasteiger partial charge in [0, 0.05) is 43.7 Å². The minimum Gasteiger partial charge on any atom is -0.508 e. The van der Waals surface area contributed by atoms with Crippen molar-refractivity contribution >= 4 is 43.6 Å². The van der Waals surface area contributed by atoms with Crippen molar-refractivity contribution in [2.75, 3.05) is 0 Å². The zero-order chi connectivity index (χ0) is 24.6. The van der Waals surface area contributed by atoms with Crippen molar-refractivity contribution in [3.63, 3.8) is 0 Å². The first-order valence-corrected chi connectivity index (χ1v) is 11.5. The molecule has 7 rings (SSSR count). The molecule has 0 saturated heterocycles.